The standard InChI is InChI=1S/C7H13NO3S/c1-8(5-9)6(7(10)11)3-4-12-2/h5-6H,3-4H2,1-2H3,(H,10,11). The normalized spacial score (nSPS) is 12.2. The molecule has 70 valence electrons. The molecule has 1 N–H and O–H groups in total. The number of carbonyl (C=O) groups is 2. The molecule has 4 nitrogen and oxygen atoms in total. The van der Waals surface area contributed by atoms with Gasteiger partial charge in [0.2, 0.25) is 6.41 Å². The second-order valence-corrected chi connectivity index (χ2v) is 3.39. The summed E-state index contributed by atoms with van der Waals surface area (Å²) in [7, 11) is 1.48. The maximum atomic E-state index is 10.6. The highest BCUT2D eigenvalue weighted by atomic mass is 32.2. The van der Waals surface area contributed by atoms with Gasteiger partial charge in [-0.25, -0.2) is 4.79 Å². The van der Waals surface area contributed by atoms with Gasteiger partial charge in [-0.2, -0.15) is 11.8 Å². The van der Waals surface area contributed by atoms with Crippen LogP contribution in [0.1, 0.15) is 6.42 Å². The molecule has 0 aliphatic rings. The van der Waals surface area contributed by atoms with E-state index in [0.717, 1.165) is 5.75 Å². The second-order valence-electron chi connectivity index (χ2n) is 2.41. The molecule has 0 bridgehead atoms. The van der Waals surface area contributed by atoms with E-state index in [0.29, 0.717) is 12.8 Å². The monoisotopic (exact) mass is 191 g/mol. The first kappa shape index (κ1) is 11.3. The molecule has 1 amide bonds. The summed E-state index contributed by atoms with van der Waals surface area (Å²) in [6.45, 7) is 0. The summed E-state index contributed by atoms with van der Waals surface area (Å²) in [4.78, 5) is 22.0. The third kappa shape index (κ3) is 3.61. The summed E-state index contributed by atoms with van der Waals surface area (Å²) in [5.41, 5.74) is 0. The SMILES string of the molecule is CSCCC(C(=O)O)N(C)C=O. The van der Waals surface area contributed by atoms with Crippen LogP contribution in [0.25, 0.3) is 0 Å². The van der Waals surface area contributed by atoms with Crippen molar-refractivity contribution in [1.82, 2.24) is 4.90 Å². The van der Waals surface area contributed by atoms with E-state index in [1.807, 2.05) is 6.26 Å². The average Bonchev–Trinajstić information content (AvgIpc) is 2.04. The highest BCUT2D eigenvalue weighted by Crippen LogP contribution is 2.05. The lowest BCUT2D eigenvalue weighted by atomic mass is 10.2. The molecule has 5 heteroatoms. The van der Waals surface area contributed by atoms with Gasteiger partial charge in [0.25, 0.3) is 0 Å². The van der Waals surface area contributed by atoms with Crippen LogP contribution in [0.4, 0.5) is 0 Å². The van der Waals surface area contributed by atoms with Crippen LogP contribution in [0.15, 0.2) is 0 Å². The lowest BCUT2D eigenvalue weighted by molar-refractivity contribution is -0.145. The fourth-order valence-corrected chi connectivity index (χ4v) is 1.26. The number of carbonyl (C=O) groups excluding carboxylic acids is 1. The number of hydrogen-bond acceptors (Lipinski definition) is 3. The zero-order chi connectivity index (χ0) is 9.56. The molecule has 0 aliphatic heterocycles. The first-order valence-electron chi connectivity index (χ1n) is 3.52. The largest absolute Gasteiger partial charge is 0.480 e. The number of likely N-dealkylation sites (N-methyl/N-ethyl adjacent to an activating group) is 1. The maximum absolute atomic E-state index is 10.6. The van der Waals surface area contributed by atoms with E-state index < -0.39 is 12.0 Å². The fourth-order valence-electron chi connectivity index (χ4n) is 0.804. The molecule has 12 heavy (non-hydrogen) atoms. The Bertz CT molecular complexity index is 163. The Hall–Kier alpha value is -0.710. The number of hydrogen-bond donors (Lipinski definition) is 1. The minimum atomic E-state index is -0.946. The van der Waals surface area contributed by atoms with E-state index >= 15 is 0 Å². The van der Waals surface area contributed by atoms with Crippen molar-refractivity contribution in [2.75, 3.05) is 19.1 Å². The van der Waals surface area contributed by atoms with Crippen molar-refractivity contribution in [3.63, 3.8) is 0 Å². The summed E-state index contributed by atoms with van der Waals surface area (Å²) < 4.78 is 0. The van der Waals surface area contributed by atoms with Crippen LogP contribution in [0.5, 0.6) is 0 Å². The van der Waals surface area contributed by atoms with Crippen molar-refractivity contribution in [3.8, 4) is 0 Å². The zero-order valence-electron chi connectivity index (χ0n) is 7.19. The molecule has 0 aromatic heterocycles. The molecule has 0 radical (unpaired) electrons. The molecular formula is C7H13NO3S. The molecule has 0 saturated heterocycles. The van der Waals surface area contributed by atoms with E-state index in [4.69, 9.17) is 5.11 Å². The van der Waals surface area contributed by atoms with Gasteiger partial charge in [0.05, 0.1) is 0 Å². The van der Waals surface area contributed by atoms with Gasteiger partial charge in [0, 0.05) is 7.05 Å². The summed E-state index contributed by atoms with van der Waals surface area (Å²) in [5.74, 6) is -0.201. The smallest absolute Gasteiger partial charge is 0.326 e. The predicted octanol–water partition coefficient (Wildman–Crippen LogP) is 0.281. The zero-order valence-corrected chi connectivity index (χ0v) is 8.00. The van der Waals surface area contributed by atoms with Gasteiger partial charge in [-0.15, -0.1) is 0 Å². The van der Waals surface area contributed by atoms with Crippen molar-refractivity contribution in [2.45, 2.75) is 12.5 Å². The topological polar surface area (TPSA) is 57.6 Å². The molecule has 1 unspecified atom stereocenters. The van der Waals surface area contributed by atoms with Crippen LogP contribution < -0.4 is 0 Å². The molecule has 0 spiro atoms. The van der Waals surface area contributed by atoms with Gasteiger partial charge in [-0.3, -0.25) is 4.79 Å². The third-order valence-corrected chi connectivity index (χ3v) is 2.18. The van der Waals surface area contributed by atoms with Crippen LogP contribution in [0.2, 0.25) is 0 Å². The van der Waals surface area contributed by atoms with Crippen molar-refractivity contribution in [2.24, 2.45) is 0 Å². The van der Waals surface area contributed by atoms with Gasteiger partial charge in [0.1, 0.15) is 6.04 Å². The maximum Gasteiger partial charge on any atom is 0.326 e. The number of thioether (sulfide) groups is 1. The Morgan fingerprint density at radius 1 is 1.75 bits per heavy atom. The fraction of sp³-hybridized carbons (Fsp3) is 0.714. The van der Waals surface area contributed by atoms with Crippen molar-refractivity contribution >= 4 is 24.1 Å². The Labute approximate surface area is 75.9 Å². The molecule has 0 aliphatic carbocycles. The molecule has 1 atom stereocenters. The molecule has 0 rings (SSSR count). The van der Waals surface area contributed by atoms with E-state index in [2.05, 4.69) is 0 Å². The summed E-state index contributed by atoms with van der Waals surface area (Å²) >= 11 is 1.57. The Balaban J connectivity index is 4.03. The van der Waals surface area contributed by atoms with Crippen LogP contribution in [0.3, 0.4) is 0 Å². The highest BCUT2D eigenvalue weighted by molar-refractivity contribution is 7.98. The van der Waals surface area contributed by atoms with Crippen molar-refractivity contribution in [3.05, 3.63) is 0 Å². The number of rotatable bonds is 6. The van der Waals surface area contributed by atoms with Gasteiger partial charge in [-0.05, 0) is 18.4 Å². The van der Waals surface area contributed by atoms with Crippen LogP contribution in [0, 0.1) is 0 Å². The number of nitrogens with zero attached hydrogens (tertiary/aromatic N) is 1. The molecule has 0 aromatic carbocycles. The first-order chi connectivity index (χ1) is 5.63. The number of aliphatic carboxylic acids is 1. The van der Waals surface area contributed by atoms with Gasteiger partial charge < -0.3 is 10.0 Å². The summed E-state index contributed by atoms with van der Waals surface area (Å²) in [5, 5.41) is 8.69. The van der Waals surface area contributed by atoms with Gasteiger partial charge in [-0.1, -0.05) is 0 Å². The molecule has 0 fully saturated rings. The van der Waals surface area contributed by atoms with E-state index in [-0.39, 0.29) is 0 Å². The Morgan fingerprint density at radius 2 is 2.33 bits per heavy atom. The quantitative estimate of drug-likeness (QED) is 0.613. The van der Waals surface area contributed by atoms with Crippen LogP contribution in [-0.2, 0) is 9.59 Å². The number of carboxylic acids is 1. The van der Waals surface area contributed by atoms with Crippen molar-refractivity contribution in [1.29, 1.82) is 0 Å². The second kappa shape index (κ2) is 5.88. The van der Waals surface area contributed by atoms with Gasteiger partial charge in [0.15, 0.2) is 0 Å². The Kier molecular flexibility index (Phi) is 5.53. The third-order valence-electron chi connectivity index (χ3n) is 1.54. The van der Waals surface area contributed by atoms with E-state index in [9.17, 15) is 9.59 Å². The van der Waals surface area contributed by atoms with E-state index in [1.165, 1.54) is 11.9 Å². The predicted molar refractivity (Wildman–Crippen MR) is 48.2 cm³/mol. The minimum absolute atomic E-state index is 0.492. The lowest BCUT2D eigenvalue weighted by Crippen LogP contribution is -2.37. The lowest BCUT2D eigenvalue weighted by Gasteiger charge is -2.19. The Morgan fingerprint density at radius 3 is 2.67 bits per heavy atom. The summed E-state index contributed by atoms with van der Waals surface area (Å²) in [6, 6.07) is -0.685. The molecule has 0 aromatic rings. The number of carboxylic acid groups (broad SMARTS) is 1. The molecular weight excluding hydrogens is 178 g/mol. The highest BCUT2D eigenvalue weighted by Gasteiger charge is 2.20. The minimum Gasteiger partial charge on any atom is -0.480 e. The summed E-state index contributed by atoms with van der Waals surface area (Å²) in [6.07, 6.45) is 2.94. The van der Waals surface area contributed by atoms with E-state index in [1.54, 1.807) is 11.8 Å². The van der Waals surface area contributed by atoms with Crippen LogP contribution in [-0.4, -0.2) is 47.5 Å². The first-order valence-corrected chi connectivity index (χ1v) is 4.91. The van der Waals surface area contributed by atoms with Gasteiger partial charge >= 0.3 is 5.97 Å². The number of amides is 1. The molecule has 0 saturated carbocycles. The molecule has 0 heterocycles. The van der Waals surface area contributed by atoms with Crippen LogP contribution >= 0.6 is 11.8 Å². The average molecular weight is 191 g/mol. The van der Waals surface area contributed by atoms with Crippen molar-refractivity contribution < 1.29 is 14.7 Å².